The highest BCUT2D eigenvalue weighted by atomic mass is 19.3. The summed E-state index contributed by atoms with van der Waals surface area (Å²) < 4.78 is 59.3. The summed E-state index contributed by atoms with van der Waals surface area (Å²) in [6.07, 6.45) is 0. The molecule has 0 spiro atoms. The number of carbonyl (C=O) groups is 1. The Labute approximate surface area is 187 Å². The van der Waals surface area contributed by atoms with Gasteiger partial charge in [-0.25, -0.2) is 8.78 Å². The Bertz CT molecular complexity index is 1260. The quantitative estimate of drug-likeness (QED) is 0.546. The third-order valence-corrected chi connectivity index (χ3v) is 5.15. The van der Waals surface area contributed by atoms with Gasteiger partial charge in [-0.3, -0.25) is 9.59 Å². The van der Waals surface area contributed by atoms with E-state index >= 15 is 4.39 Å². The second-order valence-electron chi connectivity index (χ2n) is 7.89. The highest BCUT2D eigenvalue weighted by molar-refractivity contribution is 5.92. The lowest BCUT2D eigenvalue weighted by Crippen LogP contribution is -2.31. The van der Waals surface area contributed by atoms with Crippen LogP contribution in [0.25, 0.3) is 5.69 Å². The van der Waals surface area contributed by atoms with E-state index in [9.17, 15) is 22.8 Å². The maximum absolute atomic E-state index is 15.2. The summed E-state index contributed by atoms with van der Waals surface area (Å²) in [5.41, 5.74) is 2.97. The van der Waals surface area contributed by atoms with Crippen LogP contribution in [-0.4, -0.2) is 41.2 Å². The van der Waals surface area contributed by atoms with Crippen LogP contribution in [0.3, 0.4) is 0 Å². The molecule has 3 rings (SSSR count). The fourth-order valence-electron chi connectivity index (χ4n) is 3.60. The minimum absolute atomic E-state index is 0.0629. The predicted molar refractivity (Wildman–Crippen MR) is 115 cm³/mol. The molecular formula is C23H22F4N4O2. The Morgan fingerprint density at radius 1 is 1.12 bits per heavy atom. The Morgan fingerprint density at radius 3 is 2.39 bits per heavy atom. The largest absolute Gasteiger partial charge is 0.364 e. The van der Waals surface area contributed by atoms with E-state index in [2.05, 4.69) is 5.10 Å². The highest BCUT2D eigenvalue weighted by Gasteiger charge is 2.37. The molecule has 0 aliphatic rings. The minimum atomic E-state index is -3.48. The van der Waals surface area contributed by atoms with Crippen LogP contribution in [0, 0.1) is 11.6 Å². The zero-order valence-corrected chi connectivity index (χ0v) is 18.2. The molecule has 10 heteroatoms. The molecule has 33 heavy (non-hydrogen) atoms. The summed E-state index contributed by atoms with van der Waals surface area (Å²) in [7, 11) is 2.88. The van der Waals surface area contributed by atoms with Crippen molar-refractivity contribution < 1.29 is 22.4 Å². The molecule has 0 aliphatic heterocycles. The van der Waals surface area contributed by atoms with E-state index in [4.69, 9.17) is 5.73 Å². The Morgan fingerprint density at radius 2 is 1.79 bits per heavy atom. The molecule has 2 aromatic carbocycles. The van der Waals surface area contributed by atoms with Gasteiger partial charge in [0.25, 0.3) is 17.4 Å². The van der Waals surface area contributed by atoms with Gasteiger partial charge in [-0.2, -0.15) is 18.6 Å². The van der Waals surface area contributed by atoms with Gasteiger partial charge in [-0.1, -0.05) is 37.3 Å². The van der Waals surface area contributed by atoms with Crippen molar-refractivity contribution in [2.75, 3.05) is 20.6 Å². The monoisotopic (exact) mass is 462 g/mol. The molecule has 1 amide bonds. The van der Waals surface area contributed by atoms with Gasteiger partial charge in [0.15, 0.2) is 5.69 Å². The number of likely N-dealkylation sites (N-methyl/N-ethyl adjacent to an activating group) is 1. The molecule has 2 N–H and O–H groups in total. The summed E-state index contributed by atoms with van der Waals surface area (Å²) in [5.74, 6) is -7.48. The maximum Gasteiger partial charge on any atom is 0.288 e. The van der Waals surface area contributed by atoms with Crippen molar-refractivity contribution in [3.63, 3.8) is 0 Å². The second-order valence-corrected chi connectivity index (χ2v) is 7.89. The number of primary amides is 1. The van der Waals surface area contributed by atoms with Gasteiger partial charge in [0.1, 0.15) is 17.3 Å². The van der Waals surface area contributed by atoms with Crippen LogP contribution in [0.2, 0.25) is 0 Å². The Kier molecular flexibility index (Phi) is 6.68. The van der Waals surface area contributed by atoms with Crippen LogP contribution < -0.4 is 11.3 Å². The normalized spacial score (nSPS) is 12.7. The van der Waals surface area contributed by atoms with Crippen molar-refractivity contribution >= 4 is 5.91 Å². The number of halogens is 4. The summed E-state index contributed by atoms with van der Waals surface area (Å²) in [5, 5.41) is 3.90. The predicted octanol–water partition coefficient (Wildman–Crippen LogP) is 3.41. The minimum Gasteiger partial charge on any atom is -0.364 e. The molecule has 6 nitrogen and oxygen atoms in total. The van der Waals surface area contributed by atoms with Gasteiger partial charge in [0.2, 0.25) is 0 Å². The summed E-state index contributed by atoms with van der Waals surface area (Å²) in [6, 6.07) is 9.80. The van der Waals surface area contributed by atoms with Crippen LogP contribution in [0.5, 0.6) is 0 Å². The third-order valence-electron chi connectivity index (χ3n) is 5.15. The number of carbonyl (C=O) groups excluding carboxylic acids is 1. The molecule has 0 fully saturated rings. The van der Waals surface area contributed by atoms with Gasteiger partial charge in [-0.05, 0) is 37.4 Å². The van der Waals surface area contributed by atoms with E-state index in [-0.39, 0.29) is 16.8 Å². The van der Waals surface area contributed by atoms with Gasteiger partial charge in [0, 0.05) is 12.0 Å². The number of hydrogen-bond acceptors (Lipinski definition) is 4. The molecule has 174 valence electrons. The maximum atomic E-state index is 15.2. The third kappa shape index (κ3) is 4.80. The molecule has 0 bridgehead atoms. The molecular weight excluding hydrogens is 440 g/mol. The number of nitrogens with zero attached hydrogens (tertiary/aromatic N) is 3. The number of hydrogen-bond donors (Lipinski definition) is 1. The first-order valence-corrected chi connectivity index (χ1v) is 9.94. The lowest BCUT2D eigenvalue weighted by Gasteiger charge is -2.24. The van der Waals surface area contributed by atoms with Gasteiger partial charge >= 0.3 is 0 Å². The summed E-state index contributed by atoms with van der Waals surface area (Å²) >= 11 is 0. The van der Waals surface area contributed by atoms with Crippen LogP contribution in [0.15, 0.2) is 53.3 Å². The van der Waals surface area contributed by atoms with E-state index < -0.39 is 52.7 Å². The zero-order chi connectivity index (χ0) is 24.5. The number of rotatable bonds is 7. The van der Waals surface area contributed by atoms with Crippen molar-refractivity contribution in [2.24, 2.45) is 5.73 Å². The van der Waals surface area contributed by atoms with Crippen molar-refractivity contribution in [2.45, 2.75) is 18.8 Å². The fourth-order valence-corrected chi connectivity index (χ4v) is 3.60. The number of aromatic nitrogens is 2. The second kappa shape index (κ2) is 9.14. The van der Waals surface area contributed by atoms with Crippen molar-refractivity contribution in [1.82, 2.24) is 14.7 Å². The van der Waals surface area contributed by atoms with Crippen LogP contribution >= 0.6 is 0 Å². The van der Waals surface area contributed by atoms with Crippen molar-refractivity contribution in [3.8, 4) is 5.69 Å². The molecule has 0 aliphatic carbocycles. The lowest BCUT2D eigenvalue weighted by molar-refractivity contribution is -0.0301. The Hall–Kier alpha value is -3.53. The molecule has 0 saturated heterocycles. The van der Waals surface area contributed by atoms with Crippen LogP contribution in [-0.2, 0) is 5.92 Å². The van der Waals surface area contributed by atoms with Crippen molar-refractivity contribution in [3.05, 3.63) is 92.9 Å². The first-order valence-electron chi connectivity index (χ1n) is 9.94. The van der Waals surface area contributed by atoms with E-state index in [1.807, 2.05) is 0 Å². The SMILES string of the molecule is CC(c1cc(=O)n(-c2ccccc2F)nc1C(N)=O)c1cccc(C(F)(F)CN(C)C)c1F. The first kappa shape index (κ1) is 24.1. The van der Waals surface area contributed by atoms with E-state index in [0.29, 0.717) is 4.68 Å². The standard InChI is InChI=1S/C23H22F4N4O2/c1-13(14-7-6-8-16(20(14)25)23(26,27)12-30(2)3)15-11-19(32)31(29-21(15)22(28)33)18-10-5-4-9-17(18)24/h4-11,13H,12H2,1-3H3,(H2,28,33). The molecule has 1 heterocycles. The number of alkyl halides is 2. The van der Waals surface area contributed by atoms with Gasteiger partial charge in [-0.15, -0.1) is 0 Å². The lowest BCUT2D eigenvalue weighted by atomic mass is 9.89. The van der Waals surface area contributed by atoms with Gasteiger partial charge in [0.05, 0.1) is 12.1 Å². The summed E-state index contributed by atoms with van der Waals surface area (Å²) in [4.78, 5) is 26.0. The molecule has 1 aromatic heterocycles. The average molecular weight is 462 g/mol. The van der Waals surface area contributed by atoms with E-state index in [1.165, 1.54) is 56.3 Å². The molecule has 1 atom stereocenters. The number of amides is 1. The molecule has 1 unspecified atom stereocenters. The van der Waals surface area contributed by atoms with Crippen LogP contribution in [0.4, 0.5) is 17.6 Å². The zero-order valence-electron chi connectivity index (χ0n) is 18.2. The van der Waals surface area contributed by atoms with E-state index in [1.54, 1.807) is 0 Å². The average Bonchev–Trinajstić information content (AvgIpc) is 2.72. The smallest absolute Gasteiger partial charge is 0.288 e. The number of nitrogens with two attached hydrogens (primary N) is 1. The topological polar surface area (TPSA) is 81.2 Å². The first-order chi connectivity index (χ1) is 15.4. The number of benzene rings is 2. The molecule has 3 aromatic rings. The highest BCUT2D eigenvalue weighted by Crippen LogP contribution is 2.36. The fraction of sp³-hybridized carbons (Fsp3) is 0.261. The molecule has 0 saturated carbocycles. The van der Waals surface area contributed by atoms with E-state index in [0.717, 1.165) is 18.2 Å². The van der Waals surface area contributed by atoms with Gasteiger partial charge < -0.3 is 10.6 Å². The van der Waals surface area contributed by atoms with Crippen LogP contribution in [0.1, 0.15) is 40.0 Å². The molecule has 0 radical (unpaired) electrons. The Balaban J connectivity index is 2.15. The van der Waals surface area contributed by atoms with Crippen molar-refractivity contribution in [1.29, 1.82) is 0 Å². The number of para-hydroxylation sites is 1. The summed E-state index contributed by atoms with van der Waals surface area (Å²) in [6.45, 7) is 0.719.